The van der Waals surface area contributed by atoms with Crippen LogP contribution in [0.2, 0.25) is 0 Å². The zero-order valence-electron chi connectivity index (χ0n) is 36.7. The summed E-state index contributed by atoms with van der Waals surface area (Å²) in [6, 6.07) is 17.2. The number of benzene rings is 3. The molecule has 3 N–H and O–H groups in total. The van der Waals surface area contributed by atoms with Gasteiger partial charge in [-0.05, 0) is 97.7 Å². The fourth-order valence-electron chi connectivity index (χ4n) is 11.1. The summed E-state index contributed by atoms with van der Waals surface area (Å²) < 4.78 is 73.1. The molecule has 18 heteroatoms. The molecule has 1 spiro atoms. The van der Waals surface area contributed by atoms with Crippen LogP contribution in [0.15, 0.2) is 85.3 Å². The Labute approximate surface area is 386 Å². The Kier molecular flexibility index (Phi) is 10.7. The predicted octanol–water partition coefficient (Wildman–Crippen LogP) is 6.23. The number of aromatic nitrogens is 2. The van der Waals surface area contributed by atoms with Crippen LogP contribution in [-0.2, 0) is 21.5 Å². The number of aromatic amines is 1. The molecule has 348 valence electrons. The lowest BCUT2D eigenvalue weighted by Gasteiger charge is -2.61. The lowest BCUT2D eigenvalue weighted by Crippen LogP contribution is -2.72. The molecule has 8 heterocycles. The van der Waals surface area contributed by atoms with E-state index in [1.807, 2.05) is 22.9 Å². The molecule has 3 aromatic carbocycles. The smallest absolute Gasteiger partial charge is 0.301 e. The second-order valence-corrected chi connectivity index (χ2v) is 20.9. The number of fused-ring (bicyclic) bond motifs is 2. The number of ketones is 1. The highest BCUT2D eigenvalue weighted by atomic mass is 32.2. The molecule has 5 saturated heterocycles. The van der Waals surface area contributed by atoms with Gasteiger partial charge in [0.05, 0.1) is 11.3 Å². The largest absolute Gasteiger partial charge is 0.372 e. The normalized spacial score (nSPS) is 22.3. The van der Waals surface area contributed by atoms with Gasteiger partial charge in [0.2, 0.25) is 11.7 Å². The maximum atomic E-state index is 15.8. The van der Waals surface area contributed by atoms with Crippen LogP contribution in [0.5, 0.6) is 0 Å². The molecule has 0 radical (unpaired) electrons. The summed E-state index contributed by atoms with van der Waals surface area (Å²) in [6.45, 7) is 11.0. The number of nitrogens with zero attached hydrogens (tertiary/aromatic N) is 6. The second-order valence-electron chi connectivity index (χ2n) is 19.2. The van der Waals surface area contributed by atoms with Crippen LogP contribution in [0.4, 0.5) is 30.2 Å². The van der Waals surface area contributed by atoms with Crippen molar-refractivity contribution in [2.75, 3.05) is 73.4 Å². The van der Waals surface area contributed by atoms with Crippen molar-refractivity contribution in [2.24, 2.45) is 11.3 Å². The number of likely N-dealkylation sites (tertiary alicyclic amines) is 1. The first kappa shape index (κ1) is 43.3. The third kappa shape index (κ3) is 7.91. The highest BCUT2D eigenvalue weighted by Gasteiger charge is 2.52. The molecule has 5 fully saturated rings. The molecule has 1 unspecified atom stereocenters. The van der Waals surface area contributed by atoms with Gasteiger partial charge in [-0.1, -0.05) is 18.7 Å². The van der Waals surface area contributed by atoms with E-state index in [9.17, 15) is 27.2 Å². The number of allylic oxidation sites excluding steroid dienone is 1. The molecule has 6 aliphatic heterocycles. The molecule has 5 aromatic rings. The molecular weight excluding hydrogens is 884 g/mol. The second kappa shape index (κ2) is 16.5. The van der Waals surface area contributed by atoms with E-state index in [-0.39, 0.29) is 36.9 Å². The van der Waals surface area contributed by atoms with Gasteiger partial charge >= 0.3 is 10.2 Å². The van der Waals surface area contributed by atoms with Gasteiger partial charge in [0.1, 0.15) is 23.7 Å². The van der Waals surface area contributed by atoms with Crippen LogP contribution < -0.4 is 19.8 Å². The first-order valence-electron chi connectivity index (χ1n) is 22.9. The quantitative estimate of drug-likeness (QED) is 0.131. The SMILES string of the molecule is C=C1CCC(N2Cc3cc(N4CCC(CN5CC6(C5)CN(c5ccc(-c7cnc8[nH]cc(C(=O)c9c(F)ccc(NS(=O)(=O)N%10CC[C@@H](F)C%10)c9F)c8c7)cc5)C6)CC4)ccc3C2=O)C(=O)N1. The Morgan fingerprint density at radius 3 is 2.39 bits per heavy atom. The molecule has 67 heavy (non-hydrogen) atoms. The van der Waals surface area contributed by atoms with E-state index in [0.717, 1.165) is 97.6 Å². The zero-order chi connectivity index (χ0) is 46.4. The van der Waals surface area contributed by atoms with Crippen molar-refractivity contribution in [2.45, 2.75) is 50.9 Å². The van der Waals surface area contributed by atoms with Gasteiger partial charge < -0.3 is 29.9 Å². The van der Waals surface area contributed by atoms with E-state index in [4.69, 9.17) is 0 Å². The lowest BCUT2D eigenvalue weighted by atomic mass is 9.72. The number of halogens is 3. The Hall–Kier alpha value is -6.24. The number of pyridine rings is 1. The van der Waals surface area contributed by atoms with Crippen molar-refractivity contribution in [1.82, 2.24) is 29.4 Å². The zero-order valence-corrected chi connectivity index (χ0v) is 37.6. The first-order chi connectivity index (χ1) is 32.2. The molecule has 0 saturated carbocycles. The van der Waals surface area contributed by atoms with E-state index < -0.39 is 51.1 Å². The van der Waals surface area contributed by atoms with Crippen molar-refractivity contribution < 1.29 is 36.0 Å². The van der Waals surface area contributed by atoms with Crippen molar-refractivity contribution >= 4 is 55.9 Å². The molecule has 2 amide bonds. The molecule has 0 aliphatic carbocycles. The minimum atomic E-state index is -4.35. The monoisotopic (exact) mass is 933 g/mol. The highest BCUT2D eigenvalue weighted by Crippen LogP contribution is 2.43. The first-order valence-corrected chi connectivity index (χ1v) is 24.3. The van der Waals surface area contributed by atoms with Gasteiger partial charge in [-0.3, -0.25) is 19.1 Å². The number of carbonyl (C=O) groups excluding carboxylic acids is 3. The van der Waals surface area contributed by atoms with E-state index in [1.54, 1.807) is 17.2 Å². The summed E-state index contributed by atoms with van der Waals surface area (Å²) in [6.07, 6.45) is 5.15. The van der Waals surface area contributed by atoms with Gasteiger partial charge in [0, 0.05) is 122 Å². The fraction of sp³-hybridized carbons (Fsp3) is 0.388. The third-order valence-electron chi connectivity index (χ3n) is 14.6. The van der Waals surface area contributed by atoms with Crippen LogP contribution in [0.3, 0.4) is 0 Å². The Morgan fingerprint density at radius 1 is 0.896 bits per heavy atom. The number of hydrogen-bond acceptors (Lipinski definition) is 9. The lowest BCUT2D eigenvalue weighted by molar-refractivity contribution is -0.126. The standard InChI is InChI=1S/C49H50F3N9O5S/c1-29-2-11-42(47(63)55-29)61-23-33-18-36(7-8-37(33)48(61)64)58-15-12-30(13-16-58)22-57-25-49(26-57)27-59(28-49)35-5-3-31(4-6-35)32-19-38-39(21-54-46(38)53-20-32)45(62)43-40(51)9-10-41(44(43)52)56-67(65,66)60-17-14-34(50)24-60/h3-10,18-21,30,34,42,56H,1-2,11-17,22-28H2,(H,53,54)(H,55,63)/t34-,42?/m1/s1. The average Bonchev–Trinajstić information content (AvgIpc) is 4.02. The van der Waals surface area contributed by atoms with Crippen LogP contribution in [0.25, 0.3) is 22.2 Å². The molecule has 6 aliphatic rings. The molecular formula is C49H50F3N9O5S. The van der Waals surface area contributed by atoms with Crippen LogP contribution in [0, 0.1) is 23.0 Å². The van der Waals surface area contributed by atoms with E-state index >= 15 is 8.78 Å². The summed E-state index contributed by atoms with van der Waals surface area (Å²) in [5, 5.41) is 3.15. The van der Waals surface area contributed by atoms with E-state index in [1.165, 1.54) is 6.20 Å². The number of carbonyl (C=O) groups is 3. The summed E-state index contributed by atoms with van der Waals surface area (Å²) in [5.74, 6) is -3.12. The maximum Gasteiger partial charge on any atom is 0.301 e. The topological polar surface area (TPSA) is 154 Å². The van der Waals surface area contributed by atoms with Gasteiger partial charge in [-0.15, -0.1) is 0 Å². The van der Waals surface area contributed by atoms with Gasteiger partial charge in [0.25, 0.3) is 5.91 Å². The average molecular weight is 934 g/mol. The Balaban J connectivity index is 0.671. The van der Waals surface area contributed by atoms with Crippen LogP contribution >= 0.6 is 0 Å². The molecule has 11 rings (SSSR count). The van der Waals surface area contributed by atoms with Gasteiger partial charge in [0.15, 0.2) is 5.82 Å². The highest BCUT2D eigenvalue weighted by molar-refractivity contribution is 7.90. The summed E-state index contributed by atoms with van der Waals surface area (Å²) in [7, 11) is -4.35. The van der Waals surface area contributed by atoms with Crippen LogP contribution in [0.1, 0.15) is 63.9 Å². The molecule has 2 aromatic heterocycles. The van der Waals surface area contributed by atoms with Gasteiger partial charge in [-0.2, -0.15) is 12.7 Å². The summed E-state index contributed by atoms with van der Waals surface area (Å²) in [5.41, 5.74) is 5.22. The number of nitrogens with one attached hydrogen (secondary N) is 3. The minimum Gasteiger partial charge on any atom is -0.372 e. The van der Waals surface area contributed by atoms with Crippen molar-refractivity contribution in [3.63, 3.8) is 0 Å². The molecule has 2 atom stereocenters. The Morgan fingerprint density at radius 2 is 1.66 bits per heavy atom. The van der Waals surface area contributed by atoms with E-state index in [2.05, 4.69) is 60.8 Å². The number of H-pyrrole nitrogens is 1. The van der Waals surface area contributed by atoms with Crippen molar-refractivity contribution in [1.29, 1.82) is 0 Å². The number of hydrogen-bond donors (Lipinski definition) is 3. The van der Waals surface area contributed by atoms with Crippen molar-refractivity contribution in [3.05, 3.63) is 119 Å². The minimum absolute atomic E-state index is 0.00819. The van der Waals surface area contributed by atoms with E-state index in [0.29, 0.717) is 58.6 Å². The Bertz CT molecular complexity index is 2960. The number of piperidine rings is 2. The molecule has 0 bridgehead atoms. The van der Waals surface area contributed by atoms with Gasteiger partial charge in [-0.25, -0.2) is 18.2 Å². The number of alkyl halides is 1. The number of rotatable bonds is 11. The number of anilines is 3. The fourth-order valence-corrected chi connectivity index (χ4v) is 12.3. The predicted molar refractivity (Wildman–Crippen MR) is 248 cm³/mol. The van der Waals surface area contributed by atoms with Crippen molar-refractivity contribution in [3.8, 4) is 11.1 Å². The molecule has 14 nitrogen and oxygen atoms in total. The third-order valence-corrected chi connectivity index (χ3v) is 16.1. The summed E-state index contributed by atoms with van der Waals surface area (Å²) >= 11 is 0. The van der Waals surface area contributed by atoms with Crippen LogP contribution in [-0.4, -0.2) is 121 Å². The number of amides is 2. The summed E-state index contributed by atoms with van der Waals surface area (Å²) in [4.78, 5) is 56.1. The maximum absolute atomic E-state index is 15.8.